The van der Waals surface area contributed by atoms with E-state index >= 15 is 0 Å². The molecule has 1 fully saturated rings. The SMILES string of the molecule is C=C/C(Cl)=c1/nc(CC2CC2)n(-c2cnc(N)cn2)c(=O)/c1=C(/C)Cl. The normalized spacial score (nSPS) is 16.4. The van der Waals surface area contributed by atoms with Crippen molar-refractivity contribution in [2.75, 3.05) is 5.73 Å². The Morgan fingerprint density at radius 3 is 2.64 bits per heavy atom. The maximum Gasteiger partial charge on any atom is 0.268 e. The number of anilines is 1. The molecule has 1 saturated carbocycles. The molecular weight excluding hydrogens is 361 g/mol. The molecule has 0 radical (unpaired) electrons. The predicted molar refractivity (Wildman–Crippen MR) is 99.9 cm³/mol. The zero-order valence-electron chi connectivity index (χ0n) is 13.7. The quantitative estimate of drug-likeness (QED) is 0.871. The van der Waals surface area contributed by atoms with Crippen LogP contribution in [0.25, 0.3) is 15.9 Å². The zero-order chi connectivity index (χ0) is 18.1. The van der Waals surface area contributed by atoms with Gasteiger partial charge >= 0.3 is 0 Å². The van der Waals surface area contributed by atoms with E-state index in [1.165, 1.54) is 23.0 Å². The number of allylic oxidation sites excluding steroid dienone is 1. The largest absolute Gasteiger partial charge is 0.382 e. The summed E-state index contributed by atoms with van der Waals surface area (Å²) in [4.78, 5) is 26.0. The Kier molecular flexibility index (Phi) is 4.92. The lowest BCUT2D eigenvalue weighted by molar-refractivity contribution is 0.698. The molecule has 0 saturated heterocycles. The summed E-state index contributed by atoms with van der Waals surface area (Å²) in [6, 6.07) is 0. The van der Waals surface area contributed by atoms with Crippen LogP contribution in [0, 0.1) is 5.92 Å². The van der Waals surface area contributed by atoms with Crippen molar-refractivity contribution < 1.29 is 0 Å². The summed E-state index contributed by atoms with van der Waals surface area (Å²) in [5, 5.41) is 1.14. The van der Waals surface area contributed by atoms with Gasteiger partial charge < -0.3 is 5.73 Å². The van der Waals surface area contributed by atoms with Crippen molar-refractivity contribution in [3.8, 4) is 5.82 Å². The minimum Gasteiger partial charge on any atom is -0.382 e. The smallest absolute Gasteiger partial charge is 0.268 e. The maximum absolute atomic E-state index is 13.2. The number of hydrogen-bond acceptors (Lipinski definition) is 5. The van der Waals surface area contributed by atoms with Gasteiger partial charge in [-0.15, -0.1) is 0 Å². The van der Waals surface area contributed by atoms with E-state index in [9.17, 15) is 4.79 Å². The van der Waals surface area contributed by atoms with Crippen LogP contribution in [0.3, 0.4) is 0 Å². The van der Waals surface area contributed by atoms with Crippen LogP contribution in [0.5, 0.6) is 0 Å². The molecule has 0 spiro atoms. The highest BCUT2D eigenvalue weighted by molar-refractivity contribution is 6.47. The standard InChI is InChI=1S/C17H17Cl2N5O/c1-3-11(19)16-15(9(2)18)17(25)24(13(23-16)6-10-4-5-10)14-8-21-12(20)7-22-14/h3,7-8,10H,1,4-6H2,2H3,(H2,20,21)/b15-9-,16-11-. The molecular formula is C17H17Cl2N5O. The Morgan fingerprint density at radius 2 is 2.12 bits per heavy atom. The average molecular weight is 378 g/mol. The predicted octanol–water partition coefficient (Wildman–Crippen LogP) is 1.46. The second-order valence-electron chi connectivity index (χ2n) is 5.92. The van der Waals surface area contributed by atoms with E-state index in [1.54, 1.807) is 6.92 Å². The number of halogens is 2. The molecule has 0 atom stereocenters. The van der Waals surface area contributed by atoms with Gasteiger partial charge in [-0.3, -0.25) is 4.79 Å². The van der Waals surface area contributed by atoms with Gasteiger partial charge in [0, 0.05) is 11.5 Å². The summed E-state index contributed by atoms with van der Waals surface area (Å²) in [5.41, 5.74) is 5.26. The summed E-state index contributed by atoms with van der Waals surface area (Å²) >= 11 is 12.4. The molecule has 6 nitrogen and oxygen atoms in total. The first-order valence-corrected chi connectivity index (χ1v) is 8.56. The van der Waals surface area contributed by atoms with Gasteiger partial charge in [0.25, 0.3) is 5.56 Å². The monoisotopic (exact) mass is 377 g/mol. The van der Waals surface area contributed by atoms with E-state index in [0.29, 0.717) is 34.4 Å². The van der Waals surface area contributed by atoms with Crippen LogP contribution in [0.15, 0.2) is 29.8 Å². The second-order valence-corrected chi connectivity index (χ2v) is 6.90. The highest BCUT2D eigenvalue weighted by atomic mass is 35.5. The number of nitrogen functional groups attached to an aromatic ring is 1. The van der Waals surface area contributed by atoms with Gasteiger partial charge in [-0.05, 0) is 31.8 Å². The molecule has 2 heterocycles. The van der Waals surface area contributed by atoms with E-state index in [-0.39, 0.29) is 21.6 Å². The van der Waals surface area contributed by atoms with Crippen LogP contribution in [-0.4, -0.2) is 19.5 Å². The van der Waals surface area contributed by atoms with Gasteiger partial charge in [-0.1, -0.05) is 29.8 Å². The molecule has 2 N–H and O–H groups in total. The fourth-order valence-corrected chi connectivity index (χ4v) is 2.85. The zero-order valence-corrected chi connectivity index (χ0v) is 15.2. The van der Waals surface area contributed by atoms with Gasteiger partial charge in [-0.25, -0.2) is 19.5 Å². The van der Waals surface area contributed by atoms with E-state index in [0.717, 1.165) is 12.8 Å². The van der Waals surface area contributed by atoms with Gasteiger partial charge in [0.2, 0.25) is 0 Å². The third-order valence-corrected chi connectivity index (χ3v) is 4.48. The number of nitrogens with zero attached hydrogens (tertiary/aromatic N) is 4. The van der Waals surface area contributed by atoms with Crippen molar-refractivity contribution in [2.45, 2.75) is 26.2 Å². The van der Waals surface area contributed by atoms with E-state index in [2.05, 4.69) is 21.5 Å². The third kappa shape index (κ3) is 3.60. The van der Waals surface area contributed by atoms with E-state index < -0.39 is 0 Å². The molecule has 0 amide bonds. The first-order valence-electron chi connectivity index (χ1n) is 7.80. The van der Waals surface area contributed by atoms with E-state index in [4.69, 9.17) is 28.9 Å². The van der Waals surface area contributed by atoms with Crippen LogP contribution in [-0.2, 0) is 6.42 Å². The highest BCUT2D eigenvalue weighted by Gasteiger charge is 2.25. The number of rotatable bonds is 4. The Balaban J connectivity index is 2.42. The number of nitrogens with two attached hydrogens (primary N) is 1. The second kappa shape index (κ2) is 6.98. The van der Waals surface area contributed by atoms with Crippen molar-refractivity contribution in [1.82, 2.24) is 19.5 Å². The summed E-state index contributed by atoms with van der Waals surface area (Å²) in [5.74, 6) is 1.70. The van der Waals surface area contributed by atoms with Crippen LogP contribution in [0.1, 0.15) is 25.6 Å². The molecule has 2 aromatic rings. The van der Waals surface area contributed by atoms with Crippen molar-refractivity contribution in [2.24, 2.45) is 5.92 Å². The lowest BCUT2D eigenvalue weighted by Gasteiger charge is -2.12. The van der Waals surface area contributed by atoms with Gasteiger partial charge in [0.15, 0.2) is 5.82 Å². The molecule has 1 aliphatic carbocycles. The molecule has 3 rings (SSSR count). The summed E-state index contributed by atoms with van der Waals surface area (Å²) in [6.07, 6.45) is 7.16. The average Bonchev–Trinajstić information content (AvgIpc) is 3.38. The van der Waals surface area contributed by atoms with Crippen molar-refractivity contribution in [3.05, 3.63) is 51.8 Å². The summed E-state index contributed by atoms with van der Waals surface area (Å²) in [7, 11) is 0. The molecule has 0 unspecified atom stereocenters. The molecule has 0 bridgehead atoms. The Morgan fingerprint density at radius 1 is 1.40 bits per heavy atom. The number of hydrogen-bond donors (Lipinski definition) is 1. The lowest BCUT2D eigenvalue weighted by Crippen LogP contribution is -2.49. The van der Waals surface area contributed by atoms with Crippen molar-refractivity contribution in [1.29, 1.82) is 0 Å². The van der Waals surface area contributed by atoms with Crippen LogP contribution in [0.2, 0.25) is 0 Å². The molecule has 8 heteroatoms. The molecule has 0 aliphatic heterocycles. The molecule has 25 heavy (non-hydrogen) atoms. The Bertz CT molecular complexity index is 1000. The summed E-state index contributed by atoms with van der Waals surface area (Å²) < 4.78 is 1.43. The fraction of sp³-hybridized carbons (Fsp3) is 0.294. The first-order chi connectivity index (χ1) is 11.9. The van der Waals surface area contributed by atoms with E-state index in [1.807, 2.05) is 0 Å². The topological polar surface area (TPSA) is 86.7 Å². The Labute approximate surface area is 154 Å². The lowest BCUT2D eigenvalue weighted by atomic mass is 10.2. The van der Waals surface area contributed by atoms with Crippen LogP contribution < -0.4 is 21.9 Å². The summed E-state index contributed by atoms with van der Waals surface area (Å²) in [6.45, 7) is 5.28. The van der Waals surface area contributed by atoms with Crippen LogP contribution >= 0.6 is 23.2 Å². The minimum atomic E-state index is -0.341. The molecule has 130 valence electrons. The van der Waals surface area contributed by atoms with Gasteiger partial charge in [-0.2, -0.15) is 0 Å². The molecule has 1 aliphatic rings. The number of aromatic nitrogens is 4. The van der Waals surface area contributed by atoms with Gasteiger partial charge in [0.05, 0.1) is 28.0 Å². The third-order valence-electron chi connectivity index (χ3n) is 3.96. The molecule has 2 aromatic heterocycles. The van der Waals surface area contributed by atoms with Crippen molar-refractivity contribution >= 4 is 39.1 Å². The van der Waals surface area contributed by atoms with Crippen molar-refractivity contribution in [3.63, 3.8) is 0 Å². The minimum absolute atomic E-state index is 0.227. The fourth-order valence-electron chi connectivity index (χ4n) is 2.55. The maximum atomic E-state index is 13.2. The van der Waals surface area contributed by atoms with Gasteiger partial charge in [0.1, 0.15) is 11.6 Å². The molecule has 0 aromatic carbocycles. The van der Waals surface area contributed by atoms with Crippen LogP contribution in [0.4, 0.5) is 5.82 Å². The highest BCUT2D eigenvalue weighted by Crippen LogP contribution is 2.31. The first kappa shape index (κ1) is 17.6. The Hall–Kier alpha value is -2.18.